The molecule has 78 valence electrons. The van der Waals surface area contributed by atoms with E-state index in [4.69, 9.17) is 0 Å². The molecule has 2 aromatic rings. The highest BCUT2D eigenvalue weighted by Gasteiger charge is 2.07. The molecule has 2 rings (SSSR count). The quantitative estimate of drug-likeness (QED) is 0.848. The number of fused-ring (bicyclic) bond motifs is 1. The predicted octanol–water partition coefficient (Wildman–Crippen LogP) is 2.99. The third-order valence-corrected chi connectivity index (χ3v) is 2.75. The molecule has 0 radical (unpaired) electrons. The topological polar surface area (TPSA) is 32.9 Å². The van der Waals surface area contributed by atoms with Gasteiger partial charge in [0.2, 0.25) is 0 Å². The Kier molecular flexibility index (Phi) is 2.61. The van der Waals surface area contributed by atoms with E-state index in [1.54, 1.807) is 6.07 Å². The Morgan fingerprint density at radius 2 is 2.13 bits per heavy atom. The van der Waals surface area contributed by atoms with E-state index in [9.17, 15) is 9.18 Å². The van der Waals surface area contributed by atoms with Crippen LogP contribution in [-0.4, -0.2) is 4.98 Å². The average Bonchev–Trinajstić information content (AvgIpc) is 2.19. The van der Waals surface area contributed by atoms with Crippen LogP contribution in [0.25, 0.3) is 10.9 Å². The molecular weight excluding hydrogens is 261 g/mol. The van der Waals surface area contributed by atoms with Gasteiger partial charge in [-0.2, -0.15) is 0 Å². The number of benzene rings is 1. The summed E-state index contributed by atoms with van der Waals surface area (Å²) in [6.45, 7) is 1.91. The number of aromatic nitrogens is 1. The fourth-order valence-corrected chi connectivity index (χ4v) is 1.95. The largest absolute Gasteiger partial charge is 0.356 e. The molecule has 0 unspecified atom stereocenters. The maximum absolute atomic E-state index is 13.5. The molecule has 1 aromatic heterocycles. The van der Waals surface area contributed by atoms with Crippen LogP contribution in [0.1, 0.15) is 12.6 Å². The summed E-state index contributed by atoms with van der Waals surface area (Å²) in [6.07, 6.45) is 0.681. The van der Waals surface area contributed by atoms with Crippen molar-refractivity contribution in [2.45, 2.75) is 13.3 Å². The molecule has 0 aliphatic heterocycles. The standard InChI is InChI=1S/C11H9BrFNO/c1-2-7-5-10(15)8-3-6(12)4-9(13)11(8)14-7/h3-5H,2H2,1H3,(H,14,15). The van der Waals surface area contributed by atoms with Crippen LogP contribution in [0.3, 0.4) is 0 Å². The molecule has 1 aromatic carbocycles. The van der Waals surface area contributed by atoms with E-state index in [-0.39, 0.29) is 10.9 Å². The minimum atomic E-state index is -0.410. The number of aromatic amines is 1. The van der Waals surface area contributed by atoms with Gasteiger partial charge in [0.05, 0.1) is 5.52 Å². The first-order valence-corrected chi connectivity index (χ1v) is 5.42. The number of H-pyrrole nitrogens is 1. The molecule has 0 saturated heterocycles. The summed E-state index contributed by atoms with van der Waals surface area (Å²) in [7, 11) is 0. The van der Waals surface area contributed by atoms with Crippen LogP contribution in [0.15, 0.2) is 27.5 Å². The van der Waals surface area contributed by atoms with Gasteiger partial charge in [-0.05, 0) is 18.6 Å². The normalized spacial score (nSPS) is 10.9. The van der Waals surface area contributed by atoms with Crippen LogP contribution >= 0.6 is 15.9 Å². The Balaban J connectivity index is 2.91. The van der Waals surface area contributed by atoms with Crippen molar-refractivity contribution in [3.8, 4) is 0 Å². The smallest absolute Gasteiger partial charge is 0.189 e. The summed E-state index contributed by atoms with van der Waals surface area (Å²) in [5, 5.41) is 0.374. The number of pyridine rings is 1. The van der Waals surface area contributed by atoms with Gasteiger partial charge >= 0.3 is 0 Å². The Hall–Kier alpha value is -1.16. The van der Waals surface area contributed by atoms with Crippen LogP contribution < -0.4 is 5.43 Å². The summed E-state index contributed by atoms with van der Waals surface area (Å²) in [4.78, 5) is 14.6. The van der Waals surface area contributed by atoms with Gasteiger partial charge in [-0.25, -0.2) is 4.39 Å². The molecule has 0 fully saturated rings. The average molecular weight is 270 g/mol. The van der Waals surface area contributed by atoms with E-state index >= 15 is 0 Å². The zero-order valence-corrected chi connectivity index (χ0v) is 9.69. The number of rotatable bonds is 1. The molecule has 0 bridgehead atoms. The number of hydrogen-bond donors (Lipinski definition) is 1. The second-order valence-electron chi connectivity index (χ2n) is 3.32. The fraction of sp³-hybridized carbons (Fsp3) is 0.182. The molecule has 15 heavy (non-hydrogen) atoms. The van der Waals surface area contributed by atoms with Crippen LogP contribution in [-0.2, 0) is 6.42 Å². The third-order valence-electron chi connectivity index (χ3n) is 2.29. The van der Waals surface area contributed by atoms with Gasteiger partial charge in [0, 0.05) is 21.6 Å². The Bertz CT molecular complexity index is 577. The molecular formula is C11H9BrFNO. The summed E-state index contributed by atoms with van der Waals surface area (Å²) in [5.74, 6) is -0.410. The molecule has 1 heterocycles. The van der Waals surface area contributed by atoms with Gasteiger partial charge in [0.25, 0.3) is 0 Å². The van der Waals surface area contributed by atoms with Gasteiger partial charge in [0.15, 0.2) is 5.43 Å². The maximum atomic E-state index is 13.5. The Labute approximate surface area is 94.3 Å². The second kappa shape index (κ2) is 3.77. The maximum Gasteiger partial charge on any atom is 0.189 e. The first-order chi connectivity index (χ1) is 7.11. The number of aryl methyl sites for hydroxylation is 1. The van der Waals surface area contributed by atoms with E-state index in [2.05, 4.69) is 20.9 Å². The SMILES string of the molecule is CCc1cc(=O)c2cc(Br)cc(F)c2[nH]1. The van der Waals surface area contributed by atoms with Crippen molar-refractivity contribution in [3.63, 3.8) is 0 Å². The molecule has 0 aliphatic carbocycles. The first-order valence-electron chi connectivity index (χ1n) is 4.62. The van der Waals surface area contributed by atoms with Gasteiger partial charge < -0.3 is 4.98 Å². The monoisotopic (exact) mass is 269 g/mol. The number of nitrogens with one attached hydrogen (secondary N) is 1. The second-order valence-corrected chi connectivity index (χ2v) is 4.24. The van der Waals surface area contributed by atoms with Gasteiger partial charge in [-0.15, -0.1) is 0 Å². The fourth-order valence-electron chi connectivity index (χ4n) is 1.52. The minimum Gasteiger partial charge on any atom is -0.356 e. The predicted molar refractivity (Wildman–Crippen MR) is 61.6 cm³/mol. The number of halogens is 2. The van der Waals surface area contributed by atoms with Crippen LogP contribution in [0.4, 0.5) is 4.39 Å². The van der Waals surface area contributed by atoms with Crippen molar-refractivity contribution in [2.24, 2.45) is 0 Å². The van der Waals surface area contributed by atoms with Crippen molar-refractivity contribution in [1.82, 2.24) is 4.98 Å². The van der Waals surface area contributed by atoms with Crippen molar-refractivity contribution < 1.29 is 4.39 Å². The van der Waals surface area contributed by atoms with Crippen molar-refractivity contribution in [1.29, 1.82) is 0 Å². The lowest BCUT2D eigenvalue weighted by Crippen LogP contribution is -2.05. The zero-order valence-electron chi connectivity index (χ0n) is 8.10. The van der Waals surface area contributed by atoms with Gasteiger partial charge in [-0.1, -0.05) is 22.9 Å². The van der Waals surface area contributed by atoms with E-state index in [0.717, 1.165) is 5.69 Å². The number of hydrogen-bond acceptors (Lipinski definition) is 1. The first kappa shape index (κ1) is 10.4. The van der Waals surface area contributed by atoms with Crippen LogP contribution in [0.2, 0.25) is 0 Å². The van der Waals surface area contributed by atoms with Crippen LogP contribution in [0, 0.1) is 5.82 Å². The molecule has 0 aliphatic rings. The highest BCUT2D eigenvalue weighted by atomic mass is 79.9. The summed E-state index contributed by atoms with van der Waals surface area (Å²) >= 11 is 3.16. The zero-order chi connectivity index (χ0) is 11.0. The van der Waals surface area contributed by atoms with E-state index in [1.807, 2.05) is 6.92 Å². The molecule has 0 amide bonds. The van der Waals surface area contributed by atoms with E-state index in [0.29, 0.717) is 16.3 Å². The molecule has 0 spiro atoms. The highest BCUT2D eigenvalue weighted by Crippen LogP contribution is 2.19. The highest BCUT2D eigenvalue weighted by molar-refractivity contribution is 9.10. The molecule has 2 nitrogen and oxygen atoms in total. The molecule has 4 heteroatoms. The van der Waals surface area contributed by atoms with Crippen molar-refractivity contribution >= 4 is 26.8 Å². The summed E-state index contributed by atoms with van der Waals surface area (Å²) < 4.78 is 14.1. The molecule has 0 atom stereocenters. The van der Waals surface area contributed by atoms with E-state index < -0.39 is 5.82 Å². The van der Waals surface area contributed by atoms with E-state index in [1.165, 1.54) is 12.1 Å². The molecule has 0 saturated carbocycles. The molecule has 1 N–H and O–H groups in total. The third kappa shape index (κ3) is 1.81. The Morgan fingerprint density at radius 3 is 2.80 bits per heavy atom. The summed E-state index contributed by atoms with van der Waals surface area (Å²) in [5.41, 5.74) is 0.872. The van der Waals surface area contributed by atoms with Gasteiger partial charge in [-0.3, -0.25) is 4.79 Å². The van der Waals surface area contributed by atoms with Gasteiger partial charge in [0.1, 0.15) is 5.82 Å². The lowest BCUT2D eigenvalue weighted by atomic mass is 10.1. The minimum absolute atomic E-state index is 0.152. The summed E-state index contributed by atoms with van der Waals surface area (Å²) in [6, 6.07) is 4.47. The Morgan fingerprint density at radius 1 is 1.40 bits per heavy atom. The van der Waals surface area contributed by atoms with Crippen molar-refractivity contribution in [3.05, 3.63) is 44.4 Å². The lowest BCUT2D eigenvalue weighted by Gasteiger charge is -2.03. The van der Waals surface area contributed by atoms with Crippen LogP contribution in [0.5, 0.6) is 0 Å². The lowest BCUT2D eigenvalue weighted by molar-refractivity contribution is 0.635. The van der Waals surface area contributed by atoms with Crippen molar-refractivity contribution in [2.75, 3.05) is 0 Å².